The molecule has 0 radical (unpaired) electrons. The van der Waals surface area contributed by atoms with Crippen molar-refractivity contribution in [3.05, 3.63) is 47.2 Å². The molecular formula is C19H20F2N4O2S. The van der Waals surface area contributed by atoms with Gasteiger partial charge in [-0.1, -0.05) is 0 Å². The van der Waals surface area contributed by atoms with E-state index >= 15 is 0 Å². The molecule has 1 aromatic carbocycles. The van der Waals surface area contributed by atoms with Crippen LogP contribution in [-0.2, 0) is 16.1 Å². The zero-order valence-electron chi connectivity index (χ0n) is 15.5. The van der Waals surface area contributed by atoms with Crippen LogP contribution in [0, 0.1) is 18.6 Å². The number of hydrogen-bond acceptors (Lipinski definition) is 4. The summed E-state index contributed by atoms with van der Waals surface area (Å²) in [6.45, 7) is 3.74. The SMILES string of the molecule is Cc1cnn(Cc2cc(F)ccc2F)c1NC(=O)C1CSC2(C)CCC(=O)N12. The number of benzene rings is 1. The number of amides is 2. The minimum atomic E-state index is -0.557. The third-order valence-electron chi connectivity index (χ3n) is 5.34. The summed E-state index contributed by atoms with van der Waals surface area (Å²) in [4.78, 5) is 26.5. The van der Waals surface area contributed by atoms with E-state index < -0.39 is 17.7 Å². The van der Waals surface area contributed by atoms with Crippen LogP contribution in [0.5, 0.6) is 0 Å². The standard InChI is InChI=1S/C19H20F2N4O2S/c1-11-8-22-24(9-12-7-13(20)3-4-14(12)21)17(11)23-18(27)15-10-28-19(2)6-5-16(26)25(15)19/h3-4,7-8,15H,5-6,9-10H2,1-2H3,(H,23,27). The molecule has 2 unspecified atom stereocenters. The highest BCUT2D eigenvalue weighted by Gasteiger charge is 2.53. The Kier molecular flexibility index (Phi) is 4.65. The molecule has 1 N–H and O–H groups in total. The van der Waals surface area contributed by atoms with Crippen molar-refractivity contribution in [3.8, 4) is 0 Å². The lowest BCUT2D eigenvalue weighted by Crippen LogP contribution is -2.48. The lowest BCUT2D eigenvalue weighted by atomic mass is 10.2. The maximum absolute atomic E-state index is 14.0. The number of nitrogens with zero attached hydrogens (tertiary/aromatic N) is 3. The van der Waals surface area contributed by atoms with E-state index in [0.717, 1.165) is 24.6 Å². The van der Waals surface area contributed by atoms with Gasteiger partial charge in [-0.15, -0.1) is 11.8 Å². The molecule has 0 aliphatic carbocycles. The number of hydrogen-bond donors (Lipinski definition) is 1. The highest BCUT2D eigenvalue weighted by atomic mass is 32.2. The monoisotopic (exact) mass is 406 g/mol. The van der Waals surface area contributed by atoms with Crippen LogP contribution >= 0.6 is 11.8 Å². The van der Waals surface area contributed by atoms with E-state index in [2.05, 4.69) is 10.4 Å². The summed E-state index contributed by atoms with van der Waals surface area (Å²) in [5.41, 5.74) is 0.837. The Hall–Kier alpha value is -2.42. The van der Waals surface area contributed by atoms with E-state index in [4.69, 9.17) is 0 Å². The second-order valence-electron chi connectivity index (χ2n) is 7.32. The number of halogens is 2. The molecule has 6 nitrogen and oxygen atoms in total. The fraction of sp³-hybridized carbons (Fsp3) is 0.421. The van der Waals surface area contributed by atoms with Gasteiger partial charge in [0.15, 0.2) is 0 Å². The predicted octanol–water partition coefficient (Wildman–Crippen LogP) is 2.91. The number of thioether (sulfide) groups is 1. The molecule has 0 bridgehead atoms. The smallest absolute Gasteiger partial charge is 0.249 e. The minimum absolute atomic E-state index is 0.0142. The molecule has 2 saturated heterocycles. The molecule has 9 heteroatoms. The first kappa shape index (κ1) is 18.9. The molecule has 2 aliphatic rings. The van der Waals surface area contributed by atoms with Crippen molar-refractivity contribution in [1.82, 2.24) is 14.7 Å². The zero-order valence-corrected chi connectivity index (χ0v) is 16.4. The number of carbonyl (C=O) groups excluding carboxylic acids is 2. The van der Waals surface area contributed by atoms with Crippen molar-refractivity contribution in [2.24, 2.45) is 0 Å². The average Bonchev–Trinajstić information content (AvgIpc) is 3.26. The number of aryl methyl sites for hydroxylation is 1. The Labute approximate surface area is 165 Å². The van der Waals surface area contributed by atoms with Crippen molar-refractivity contribution in [3.63, 3.8) is 0 Å². The molecule has 2 aliphatic heterocycles. The highest BCUT2D eigenvalue weighted by molar-refractivity contribution is 8.01. The van der Waals surface area contributed by atoms with Gasteiger partial charge >= 0.3 is 0 Å². The Morgan fingerprint density at radius 3 is 3.00 bits per heavy atom. The lowest BCUT2D eigenvalue weighted by molar-refractivity contribution is -0.135. The molecule has 148 valence electrons. The van der Waals surface area contributed by atoms with Crippen LogP contribution in [0.25, 0.3) is 0 Å². The quantitative estimate of drug-likeness (QED) is 0.848. The van der Waals surface area contributed by atoms with Gasteiger partial charge in [0.2, 0.25) is 11.8 Å². The van der Waals surface area contributed by atoms with Gasteiger partial charge in [0.05, 0.1) is 17.6 Å². The first-order valence-corrected chi connectivity index (χ1v) is 10.0. The Morgan fingerprint density at radius 2 is 2.21 bits per heavy atom. The fourth-order valence-electron chi connectivity index (χ4n) is 3.80. The normalized spacial score (nSPS) is 23.9. The Bertz CT molecular complexity index is 963. The van der Waals surface area contributed by atoms with Gasteiger partial charge in [0, 0.05) is 23.3 Å². The second kappa shape index (κ2) is 6.88. The van der Waals surface area contributed by atoms with Crippen LogP contribution in [0.15, 0.2) is 24.4 Å². The molecule has 2 amide bonds. The molecular weight excluding hydrogens is 386 g/mol. The molecule has 2 fully saturated rings. The summed E-state index contributed by atoms with van der Waals surface area (Å²) >= 11 is 1.61. The van der Waals surface area contributed by atoms with Crippen molar-refractivity contribution >= 4 is 29.4 Å². The minimum Gasteiger partial charge on any atom is -0.315 e. The molecule has 3 heterocycles. The van der Waals surface area contributed by atoms with Crippen LogP contribution in [0.2, 0.25) is 0 Å². The Morgan fingerprint density at radius 1 is 1.43 bits per heavy atom. The second-order valence-corrected chi connectivity index (χ2v) is 8.83. The van der Waals surface area contributed by atoms with Crippen molar-refractivity contribution in [1.29, 1.82) is 0 Å². The summed E-state index contributed by atoms with van der Waals surface area (Å²) in [5.74, 6) is -0.451. The largest absolute Gasteiger partial charge is 0.315 e. The van der Waals surface area contributed by atoms with E-state index in [-0.39, 0.29) is 28.8 Å². The molecule has 0 spiro atoms. The Balaban J connectivity index is 1.56. The summed E-state index contributed by atoms with van der Waals surface area (Å²) in [7, 11) is 0. The lowest BCUT2D eigenvalue weighted by Gasteiger charge is -2.29. The first-order chi connectivity index (χ1) is 13.3. The van der Waals surface area contributed by atoms with Gasteiger partial charge in [-0.05, 0) is 38.5 Å². The highest BCUT2D eigenvalue weighted by Crippen LogP contribution is 2.47. The number of anilines is 1. The van der Waals surface area contributed by atoms with Crippen molar-refractivity contribution in [2.75, 3.05) is 11.1 Å². The van der Waals surface area contributed by atoms with Crippen molar-refractivity contribution in [2.45, 2.75) is 44.1 Å². The van der Waals surface area contributed by atoms with Gasteiger partial charge in [-0.3, -0.25) is 9.59 Å². The van der Waals surface area contributed by atoms with Crippen LogP contribution < -0.4 is 5.32 Å². The fourth-order valence-corrected chi connectivity index (χ4v) is 5.23. The average molecular weight is 406 g/mol. The summed E-state index contributed by atoms with van der Waals surface area (Å²) in [6, 6.07) is 2.67. The van der Waals surface area contributed by atoms with E-state index in [1.807, 2.05) is 6.92 Å². The number of nitrogens with one attached hydrogen (secondary N) is 1. The number of rotatable bonds is 4. The third-order valence-corrected chi connectivity index (χ3v) is 6.84. The van der Waals surface area contributed by atoms with Crippen molar-refractivity contribution < 1.29 is 18.4 Å². The van der Waals surface area contributed by atoms with Crippen LogP contribution in [-0.4, -0.2) is 43.2 Å². The van der Waals surface area contributed by atoms with E-state index in [1.165, 1.54) is 4.68 Å². The van der Waals surface area contributed by atoms with E-state index in [0.29, 0.717) is 23.6 Å². The van der Waals surface area contributed by atoms with Gasteiger partial charge in [0.1, 0.15) is 23.5 Å². The maximum Gasteiger partial charge on any atom is 0.249 e. The molecule has 28 heavy (non-hydrogen) atoms. The van der Waals surface area contributed by atoms with Gasteiger partial charge in [-0.2, -0.15) is 5.10 Å². The van der Waals surface area contributed by atoms with Crippen LogP contribution in [0.4, 0.5) is 14.6 Å². The number of aromatic nitrogens is 2. The summed E-state index contributed by atoms with van der Waals surface area (Å²) < 4.78 is 28.9. The first-order valence-electron chi connectivity index (χ1n) is 9.02. The van der Waals surface area contributed by atoms with Gasteiger partial charge < -0.3 is 10.2 Å². The molecule has 4 rings (SSSR count). The third kappa shape index (κ3) is 3.17. The zero-order chi connectivity index (χ0) is 20.1. The predicted molar refractivity (Wildman–Crippen MR) is 102 cm³/mol. The van der Waals surface area contributed by atoms with Crippen LogP contribution in [0.3, 0.4) is 0 Å². The molecule has 2 atom stereocenters. The molecule has 0 saturated carbocycles. The van der Waals surface area contributed by atoms with Crippen LogP contribution in [0.1, 0.15) is 30.9 Å². The molecule has 2 aromatic rings. The van der Waals surface area contributed by atoms with E-state index in [9.17, 15) is 18.4 Å². The van der Waals surface area contributed by atoms with Gasteiger partial charge in [-0.25, -0.2) is 13.5 Å². The number of fused-ring (bicyclic) bond motifs is 1. The van der Waals surface area contributed by atoms with Gasteiger partial charge in [0.25, 0.3) is 0 Å². The number of carbonyl (C=O) groups is 2. The summed E-state index contributed by atoms with van der Waals surface area (Å²) in [6.07, 6.45) is 2.74. The topological polar surface area (TPSA) is 67.2 Å². The molecule has 1 aromatic heterocycles. The maximum atomic E-state index is 14.0. The van der Waals surface area contributed by atoms with E-state index in [1.54, 1.807) is 29.8 Å². The summed E-state index contributed by atoms with van der Waals surface area (Å²) in [5, 5.41) is 7.03.